The van der Waals surface area contributed by atoms with Crippen molar-refractivity contribution in [2.75, 3.05) is 32.1 Å². The van der Waals surface area contributed by atoms with E-state index in [0.717, 1.165) is 12.8 Å². The molecule has 1 amide bonds. The number of aryl methyl sites for hydroxylation is 1. The average molecular weight is 536 g/mol. The van der Waals surface area contributed by atoms with Gasteiger partial charge in [-0.3, -0.25) is 18.7 Å². The van der Waals surface area contributed by atoms with Crippen molar-refractivity contribution in [1.29, 1.82) is 5.26 Å². The maximum absolute atomic E-state index is 13.3. The monoisotopic (exact) mass is 535 g/mol. The first-order valence-corrected chi connectivity index (χ1v) is 13.3. The van der Waals surface area contributed by atoms with Crippen molar-refractivity contribution in [3.63, 3.8) is 0 Å². The number of amides is 1. The summed E-state index contributed by atoms with van der Waals surface area (Å²) in [6.07, 6.45) is 2.07. The molecule has 3 aromatic rings. The summed E-state index contributed by atoms with van der Waals surface area (Å²) >= 11 is 6.12. The van der Waals surface area contributed by atoms with Crippen molar-refractivity contribution in [3.8, 4) is 11.8 Å². The number of likely N-dealkylation sites (tertiary alicyclic amines) is 1. The molecule has 2 fully saturated rings. The van der Waals surface area contributed by atoms with Gasteiger partial charge in [0.15, 0.2) is 0 Å². The molecule has 2 aliphatic rings. The lowest BCUT2D eigenvalue weighted by atomic mass is 9.96. The normalized spacial score (nSPS) is 19.4. The highest BCUT2D eigenvalue weighted by atomic mass is 35.5. The largest absolute Gasteiger partial charge is 0.493 e. The predicted molar refractivity (Wildman–Crippen MR) is 146 cm³/mol. The molecule has 1 aliphatic heterocycles. The van der Waals surface area contributed by atoms with Gasteiger partial charge in [0.2, 0.25) is 5.91 Å². The number of aromatic nitrogens is 2. The van der Waals surface area contributed by atoms with Crippen molar-refractivity contribution in [2.45, 2.75) is 32.9 Å². The van der Waals surface area contributed by atoms with E-state index in [1.807, 2.05) is 20.0 Å². The maximum atomic E-state index is 13.3. The van der Waals surface area contributed by atoms with Crippen LogP contribution in [0.4, 0.5) is 5.69 Å². The van der Waals surface area contributed by atoms with E-state index in [9.17, 15) is 14.4 Å². The van der Waals surface area contributed by atoms with E-state index in [1.165, 1.54) is 4.57 Å². The average Bonchev–Trinajstić information content (AvgIpc) is 3.65. The fourth-order valence-electron chi connectivity index (χ4n) is 5.19. The zero-order chi connectivity index (χ0) is 27.0. The summed E-state index contributed by atoms with van der Waals surface area (Å²) in [5.41, 5.74) is 0.870. The van der Waals surface area contributed by atoms with Crippen LogP contribution in [0.2, 0.25) is 5.02 Å². The lowest BCUT2D eigenvalue weighted by molar-refractivity contribution is -0.120. The molecular formula is C28H30ClN5O4. The third-order valence-electron chi connectivity index (χ3n) is 7.43. The van der Waals surface area contributed by atoms with E-state index in [0.29, 0.717) is 71.6 Å². The number of rotatable bonds is 8. The molecule has 5 rings (SSSR count). The predicted octanol–water partition coefficient (Wildman–Crippen LogP) is 3.31. The molecule has 2 aromatic carbocycles. The first-order valence-electron chi connectivity index (χ1n) is 12.9. The smallest absolute Gasteiger partial charge is 0.331 e. The number of halogens is 1. The minimum atomic E-state index is -0.319. The molecule has 0 radical (unpaired) electrons. The number of carbonyl (C=O) groups excluding carboxylic acids is 1. The highest BCUT2D eigenvalue weighted by Crippen LogP contribution is 2.30. The molecule has 198 valence electrons. The van der Waals surface area contributed by atoms with Gasteiger partial charge in [-0.2, -0.15) is 5.26 Å². The van der Waals surface area contributed by atoms with Gasteiger partial charge in [-0.15, -0.1) is 0 Å². The molecular weight excluding hydrogens is 506 g/mol. The van der Waals surface area contributed by atoms with E-state index in [1.54, 1.807) is 41.0 Å². The zero-order valence-electron chi connectivity index (χ0n) is 21.4. The fourth-order valence-corrected chi connectivity index (χ4v) is 5.41. The lowest BCUT2D eigenvalue weighted by Crippen LogP contribution is -2.40. The Morgan fingerprint density at radius 3 is 2.63 bits per heavy atom. The third kappa shape index (κ3) is 5.19. The Balaban J connectivity index is 1.35. The van der Waals surface area contributed by atoms with Crippen LogP contribution in [-0.2, 0) is 17.9 Å². The van der Waals surface area contributed by atoms with Crippen LogP contribution in [0.1, 0.15) is 25.3 Å². The van der Waals surface area contributed by atoms with Gasteiger partial charge in [-0.05, 0) is 63.1 Å². The van der Waals surface area contributed by atoms with E-state index in [4.69, 9.17) is 21.6 Å². The Hall–Kier alpha value is -3.61. The molecule has 2 atom stereocenters. The van der Waals surface area contributed by atoms with Crippen LogP contribution < -0.4 is 21.3 Å². The van der Waals surface area contributed by atoms with E-state index < -0.39 is 0 Å². The van der Waals surface area contributed by atoms with Crippen molar-refractivity contribution in [1.82, 2.24) is 14.0 Å². The molecule has 0 bridgehead atoms. The number of carbonyl (C=O) groups is 1. The number of hydrogen-bond donors (Lipinski definition) is 1. The Morgan fingerprint density at radius 2 is 1.95 bits per heavy atom. The number of nitrogens with zero attached hydrogens (tertiary/aromatic N) is 4. The fraction of sp³-hybridized carbons (Fsp3) is 0.429. The quantitative estimate of drug-likeness (QED) is 0.474. The SMILES string of the molecule is CCn1c(=O)n(CC2CC2)c(=O)c2cc(NC(=O)[C@@H]3CN(C)C[C@@H]3COc3ccc(C#N)c(Cl)c3)ccc21. The second kappa shape index (κ2) is 10.6. The number of fused-ring (bicyclic) bond motifs is 1. The van der Waals surface area contributed by atoms with Gasteiger partial charge in [0.05, 0.1) is 34.0 Å². The van der Waals surface area contributed by atoms with Crippen molar-refractivity contribution < 1.29 is 9.53 Å². The maximum Gasteiger partial charge on any atom is 0.331 e. The van der Waals surface area contributed by atoms with Gasteiger partial charge in [-0.25, -0.2) is 4.79 Å². The number of nitrogens with one attached hydrogen (secondary N) is 1. The van der Waals surface area contributed by atoms with Crippen LogP contribution in [0.15, 0.2) is 46.0 Å². The van der Waals surface area contributed by atoms with Crippen molar-refractivity contribution >= 4 is 34.1 Å². The minimum absolute atomic E-state index is 0.0593. The third-order valence-corrected chi connectivity index (χ3v) is 7.74. The van der Waals surface area contributed by atoms with Gasteiger partial charge in [0.25, 0.3) is 5.56 Å². The highest BCUT2D eigenvalue weighted by Gasteiger charge is 2.36. The molecule has 1 aliphatic carbocycles. The van der Waals surface area contributed by atoms with E-state index >= 15 is 0 Å². The van der Waals surface area contributed by atoms with Crippen LogP contribution in [0, 0.1) is 29.1 Å². The molecule has 0 spiro atoms. The van der Waals surface area contributed by atoms with Crippen LogP contribution in [0.3, 0.4) is 0 Å². The molecule has 1 saturated heterocycles. The summed E-state index contributed by atoms with van der Waals surface area (Å²) in [5.74, 6) is 0.394. The first kappa shape index (κ1) is 26.0. The second-order valence-electron chi connectivity index (χ2n) is 10.3. The molecule has 2 heterocycles. The molecule has 9 nitrogen and oxygen atoms in total. The molecule has 38 heavy (non-hydrogen) atoms. The Bertz CT molecular complexity index is 1550. The standard InChI is InChI=1S/C28H30ClN5O4/c1-3-33-25-9-7-20(10-22(25)27(36)34(28(33)37)13-17-4-5-17)31-26(35)23-15-32(2)14-19(23)16-38-21-8-6-18(12-30)24(29)11-21/h6-11,17,19,23H,3-5,13-16H2,1-2H3,(H,31,35)/t19-,23-/m1/s1. The minimum Gasteiger partial charge on any atom is -0.493 e. The first-order chi connectivity index (χ1) is 18.3. The van der Waals surface area contributed by atoms with Crippen molar-refractivity contribution in [2.24, 2.45) is 17.8 Å². The van der Waals surface area contributed by atoms with E-state index in [-0.39, 0.29) is 29.0 Å². The topological polar surface area (TPSA) is 109 Å². The molecule has 1 N–H and O–H groups in total. The summed E-state index contributed by atoms with van der Waals surface area (Å²) in [6, 6.07) is 12.1. The molecule has 0 unspecified atom stereocenters. The summed E-state index contributed by atoms with van der Waals surface area (Å²) in [6.45, 7) is 4.35. The van der Waals surface area contributed by atoms with Crippen LogP contribution in [-0.4, -0.2) is 46.7 Å². The number of nitriles is 1. The van der Waals surface area contributed by atoms with Crippen LogP contribution in [0.25, 0.3) is 10.9 Å². The number of benzene rings is 2. The molecule has 1 saturated carbocycles. The molecule has 1 aromatic heterocycles. The van der Waals surface area contributed by atoms with Gasteiger partial charge >= 0.3 is 5.69 Å². The second-order valence-corrected chi connectivity index (χ2v) is 10.7. The Labute approximate surface area is 225 Å². The van der Waals surface area contributed by atoms with Gasteiger partial charge < -0.3 is 15.0 Å². The number of anilines is 1. The van der Waals surface area contributed by atoms with Gasteiger partial charge in [0, 0.05) is 43.9 Å². The van der Waals surface area contributed by atoms with Crippen LogP contribution >= 0.6 is 11.6 Å². The van der Waals surface area contributed by atoms with Crippen LogP contribution in [0.5, 0.6) is 5.75 Å². The zero-order valence-corrected chi connectivity index (χ0v) is 22.2. The lowest BCUT2D eigenvalue weighted by Gasteiger charge is -2.19. The summed E-state index contributed by atoms with van der Waals surface area (Å²) in [4.78, 5) is 41.6. The van der Waals surface area contributed by atoms with Gasteiger partial charge in [0.1, 0.15) is 11.8 Å². The summed E-state index contributed by atoms with van der Waals surface area (Å²) < 4.78 is 8.88. The number of ether oxygens (including phenoxy) is 1. The van der Waals surface area contributed by atoms with E-state index in [2.05, 4.69) is 10.2 Å². The summed E-state index contributed by atoms with van der Waals surface area (Å²) in [7, 11) is 1.96. The Morgan fingerprint density at radius 1 is 1.16 bits per heavy atom. The number of hydrogen-bond acceptors (Lipinski definition) is 6. The Kier molecular flexibility index (Phi) is 7.28. The van der Waals surface area contributed by atoms with Gasteiger partial charge in [-0.1, -0.05) is 11.6 Å². The highest BCUT2D eigenvalue weighted by molar-refractivity contribution is 6.31. The summed E-state index contributed by atoms with van der Waals surface area (Å²) in [5, 5.41) is 12.8. The van der Waals surface area contributed by atoms with Crippen molar-refractivity contribution in [3.05, 3.63) is 67.8 Å². The molecule has 10 heteroatoms.